The number of nitrogens with one attached hydrogen (secondary N) is 2. The highest BCUT2D eigenvalue weighted by atomic mass is 79.9. The topological polar surface area (TPSA) is 57.1 Å². The van der Waals surface area contributed by atoms with Gasteiger partial charge in [-0.2, -0.15) is 5.26 Å². The van der Waals surface area contributed by atoms with Crippen LogP contribution in [0.4, 0.5) is 0 Å². The molecule has 5 atom stereocenters. The highest BCUT2D eigenvalue weighted by molar-refractivity contribution is 9.09. The smallest absolute Gasteiger partial charge is 0.144 e. The fourth-order valence-electron chi connectivity index (χ4n) is 3.66. The van der Waals surface area contributed by atoms with Crippen LogP contribution in [0.5, 0.6) is 0 Å². The van der Waals surface area contributed by atoms with Crippen LogP contribution in [0.2, 0.25) is 0 Å². The maximum atomic E-state index is 9.00. The molecule has 3 aliphatic rings. The zero-order chi connectivity index (χ0) is 13.2. The summed E-state index contributed by atoms with van der Waals surface area (Å²) in [5, 5.41) is 16.3. The lowest BCUT2D eigenvalue weighted by Gasteiger charge is -2.39. The van der Waals surface area contributed by atoms with Gasteiger partial charge in [0, 0.05) is 23.3 Å². The first-order chi connectivity index (χ1) is 9.28. The van der Waals surface area contributed by atoms with E-state index in [4.69, 9.17) is 10.00 Å². The molecule has 0 radical (unpaired) electrons. The molecule has 0 amide bonds. The van der Waals surface area contributed by atoms with Gasteiger partial charge in [-0.1, -0.05) is 35.2 Å². The molecule has 3 fully saturated rings. The molecule has 2 aliphatic heterocycles. The van der Waals surface area contributed by atoms with Crippen molar-refractivity contribution in [3.05, 3.63) is 0 Å². The summed E-state index contributed by atoms with van der Waals surface area (Å²) in [6.07, 6.45) is 7.82. The summed E-state index contributed by atoms with van der Waals surface area (Å²) in [6, 6.07) is 2.90. The van der Waals surface area contributed by atoms with Gasteiger partial charge in [0.1, 0.15) is 6.10 Å². The van der Waals surface area contributed by atoms with E-state index in [1.165, 1.54) is 32.1 Å². The van der Waals surface area contributed by atoms with E-state index < -0.39 is 0 Å². The molecular weight excluding hydrogens is 306 g/mol. The van der Waals surface area contributed by atoms with Crippen LogP contribution in [0.1, 0.15) is 38.5 Å². The Morgan fingerprint density at radius 2 is 2.05 bits per heavy atom. The molecule has 0 aromatic carbocycles. The molecule has 106 valence electrons. The van der Waals surface area contributed by atoms with Crippen LogP contribution in [-0.4, -0.2) is 35.8 Å². The van der Waals surface area contributed by atoms with Crippen molar-refractivity contribution < 1.29 is 4.74 Å². The second-order valence-electron chi connectivity index (χ2n) is 6.02. The van der Waals surface area contributed by atoms with E-state index in [9.17, 15) is 0 Å². The Kier molecular flexibility index (Phi) is 4.43. The summed E-state index contributed by atoms with van der Waals surface area (Å²) in [5.74, 6) is 0.451. The monoisotopic (exact) mass is 327 g/mol. The van der Waals surface area contributed by atoms with Crippen molar-refractivity contribution in [3.63, 3.8) is 0 Å². The number of fused-ring (bicyclic) bond motifs is 1. The number of nitrogens with zero attached hydrogens (tertiary/aromatic N) is 1. The first kappa shape index (κ1) is 13.8. The summed E-state index contributed by atoms with van der Waals surface area (Å²) in [5.41, 5.74) is 0. The molecule has 0 aromatic heterocycles. The number of rotatable bonds is 2. The summed E-state index contributed by atoms with van der Waals surface area (Å²) < 4.78 is 5.74. The van der Waals surface area contributed by atoms with Gasteiger partial charge in [0.15, 0.2) is 0 Å². The van der Waals surface area contributed by atoms with E-state index in [0.29, 0.717) is 23.0 Å². The zero-order valence-corrected chi connectivity index (χ0v) is 12.7. The lowest BCUT2D eigenvalue weighted by molar-refractivity contribution is 0.0401. The third-order valence-electron chi connectivity index (χ3n) is 4.73. The third kappa shape index (κ3) is 2.97. The third-order valence-corrected chi connectivity index (χ3v) is 5.94. The molecule has 2 N–H and O–H groups in total. The van der Waals surface area contributed by atoms with Gasteiger partial charge in [0.2, 0.25) is 0 Å². The Bertz CT molecular complexity index is 353. The molecule has 4 nitrogen and oxygen atoms in total. The molecule has 0 bridgehead atoms. The molecule has 0 spiro atoms. The minimum atomic E-state index is -0.217. The lowest BCUT2D eigenvalue weighted by atomic mass is 9.89. The zero-order valence-electron chi connectivity index (χ0n) is 11.1. The standard InChI is InChI=1S/C14H22BrN3O/c15-13-11-6-10(7-16)19-12(11)8-17-14(13)18-9-4-2-1-3-5-9/h9-14,17-18H,1-6,8H2. The van der Waals surface area contributed by atoms with Crippen LogP contribution < -0.4 is 10.6 Å². The van der Waals surface area contributed by atoms with Gasteiger partial charge in [0.05, 0.1) is 18.3 Å². The Morgan fingerprint density at radius 3 is 2.79 bits per heavy atom. The van der Waals surface area contributed by atoms with Crippen LogP contribution in [0, 0.1) is 17.2 Å². The highest BCUT2D eigenvalue weighted by Crippen LogP contribution is 2.36. The van der Waals surface area contributed by atoms with E-state index in [0.717, 1.165) is 13.0 Å². The minimum Gasteiger partial charge on any atom is -0.358 e. The first-order valence-electron chi connectivity index (χ1n) is 7.46. The summed E-state index contributed by atoms with van der Waals surface area (Å²) in [6.45, 7) is 0.856. The maximum absolute atomic E-state index is 9.00. The molecule has 19 heavy (non-hydrogen) atoms. The number of halogens is 1. The second kappa shape index (κ2) is 6.09. The van der Waals surface area contributed by atoms with Crippen LogP contribution >= 0.6 is 15.9 Å². The lowest BCUT2D eigenvalue weighted by Crippen LogP contribution is -2.61. The predicted molar refractivity (Wildman–Crippen MR) is 76.9 cm³/mol. The Labute approximate surface area is 123 Å². The predicted octanol–water partition coefficient (Wildman–Crippen LogP) is 1.90. The molecule has 1 saturated carbocycles. The van der Waals surface area contributed by atoms with Crippen molar-refractivity contribution in [2.75, 3.05) is 6.54 Å². The first-order valence-corrected chi connectivity index (χ1v) is 8.38. The SMILES string of the molecule is N#CC1CC2C(CNC(NC3CCCCC3)C2Br)O1. The van der Waals surface area contributed by atoms with Crippen molar-refractivity contribution in [2.45, 2.75) is 67.8 Å². The molecule has 2 heterocycles. The van der Waals surface area contributed by atoms with E-state index in [1.807, 2.05) is 0 Å². The number of alkyl halides is 1. The molecule has 0 aromatic rings. The van der Waals surface area contributed by atoms with Gasteiger partial charge >= 0.3 is 0 Å². The average Bonchev–Trinajstić information content (AvgIpc) is 2.87. The average molecular weight is 328 g/mol. The number of nitriles is 1. The maximum Gasteiger partial charge on any atom is 0.144 e. The summed E-state index contributed by atoms with van der Waals surface area (Å²) >= 11 is 3.83. The van der Waals surface area contributed by atoms with E-state index in [1.54, 1.807) is 0 Å². The van der Waals surface area contributed by atoms with Crippen LogP contribution in [0.15, 0.2) is 0 Å². The number of ether oxygens (including phenoxy) is 1. The Balaban J connectivity index is 1.57. The molecule has 3 rings (SSSR count). The second-order valence-corrected chi connectivity index (χ2v) is 7.08. The van der Waals surface area contributed by atoms with Gasteiger partial charge in [-0.25, -0.2) is 0 Å². The molecular formula is C14H22BrN3O. The van der Waals surface area contributed by atoms with Crippen molar-refractivity contribution in [3.8, 4) is 6.07 Å². The summed E-state index contributed by atoms with van der Waals surface area (Å²) in [7, 11) is 0. The van der Waals surface area contributed by atoms with Crippen LogP contribution in [0.3, 0.4) is 0 Å². The van der Waals surface area contributed by atoms with Crippen LogP contribution in [-0.2, 0) is 4.74 Å². The molecule has 1 aliphatic carbocycles. The van der Waals surface area contributed by atoms with Gasteiger partial charge in [-0.3, -0.25) is 10.6 Å². The van der Waals surface area contributed by atoms with E-state index in [2.05, 4.69) is 32.6 Å². The van der Waals surface area contributed by atoms with Gasteiger partial charge in [0.25, 0.3) is 0 Å². The quantitative estimate of drug-likeness (QED) is 0.760. The van der Waals surface area contributed by atoms with Crippen molar-refractivity contribution in [1.29, 1.82) is 5.26 Å². The van der Waals surface area contributed by atoms with Crippen molar-refractivity contribution in [2.24, 2.45) is 5.92 Å². The van der Waals surface area contributed by atoms with Crippen molar-refractivity contribution >= 4 is 15.9 Å². The summed E-state index contributed by atoms with van der Waals surface area (Å²) in [4.78, 5) is 0.353. The Morgan fingerprint density at radius 1 is 1.26 bits per heavy atom. The largest absolute Gasteiger partial charge is 0.358 e. The van der Waals surface area contributed by atoms with Gasteiger partial charge < -0.3 is 4.74 Å². The van der Waals surface area contributed by atoms with E-state index in [-0.39, 0.29) is 12.2 Å². The minimum absolute atomic E-state index is 0.193. The molecule has 5 unspecified atom stereocenters. The van der Waals surface area contributed by atoms with Crippen LogP contribution in [0.25, 0.3) is 0 Å². The number of hydrogen-bond acceptors (Lipinski definition) is 4. The van der Waals surface area contributed by atoms with Gasteiger partial charge in [-0.15, -0.1) is 0 Å². The van der Waals surface area contributed by atoms with Gasteiger partial charge in [-0.05, 0) is 19.3 Å². The van der Waals surface area contributed by atoms with Crippen molar-refractivity contribution in [1.82, 2.24) is 10.6 Å². The number of piperidine rings is 1. The molecule has 2 saturated heterocycles. The fourth-order valence-corrected chi connectivity index (χ4v) is 4.56. The van der Waals surface area contributed by atoms with E-state index >= 15 is 0 Å². The normalized spacial score (nSPS) is 43.7. The number of hydrogen-bond donors (Lipinski definition) is 2. The molecule has 5 heteroatoms. The fraction of sp³-hybridized carbons (Fsp3) is 0.929. The highest BCUT2D eigenvalue weighted by Gasteiger charge is 2.45. The Hall–Kier alpha value is -0.150.